The van der Waals surface area contributed by atoms with Gasteiger partial charge in [-0.3, -0.25) is 4.98 Å². The lowest BCUT2D eigenvalue weighted by Gasteiger charge is -2.32. The topological polar surface area (TPSA) is 67.4 Å². The van der Waals surface area contributed by atoms with Crippen LogP contribution in [0.15, 0.2) is 29.3 Å². The molecular formula is C21H21BrClN5. The number of halogens is 2. The van der Waals surface area contributed by atoms with Crippen LogP contribution in [0, 0.1) is 23.2 Å². The molecule has 1 aliphatic carbocycles. The summed E-state index contributed by atoms with van der Waals surface area (Å²) in [6, 6.07) is 5.98. The largest absolute Gasteiger partial charge is 0.314 e. The summed E-state index contributed by atoms with van der Waals surface area (Å²) in [6.07, 6.45) is 8.28. The molecule has 3 aromatic heterocycles. The van der Waals surface area contributed by atoms with Crippen molar-refractivity contribution in [3.63, 3.8) is 0 Å². The van der Waals surface area contributed by atoms with E-state index in [4.69, 9.17) is 16.6 Å². The van der Waals surface area contributed by atoms with Gasteiger partial charge in [-0.25, -0.2) is 9.97 Å². The van der Waals surface area contributed by atoms with Gasteiger partial charge in [0.05, 0.1) is 21.7 Å². The summed E-state index contributed by atoms with van der Waals surface area (Å²) in [5.41, 5.74) is 3.48. The first kappa shape index (κ1) is 19.4. The van der Waals surface area contributed by atoms with E-state index >= 15 is 0 Å². The van der Waals surface area contributed by atoms with Gasteiger partial charge in [0.25, 0.3) is 0 Å². The molecule has 1 unspecified atom stereocenters. The Hall–Kier alpha value is -1.97. The van der Waals surface area contributed by atoms with Crippen LogP contribution in [-0.4, -0.2) is 19.5 Å². The number of nitrogens with zero attached hydrogens (tertiary/aromatic N) is 5. The second kappa shape index (κ2) is 7.81. The standard InChI is InChI=1S/C21H21BrClN5/c1-12-3-5-14(6-4-12)13(2)28-20-18(27-21(28)22)8-17(9-24)26-19(20)15-7-16(23)11-25-10-15/h7-8,10-14H,3-6H2,1-2H3. The van der Waals surface area contributed by atoms with Crippen LogP contribution >= 0.6 is 27.5 Å². The van der Waals surface area contributed by atoms with Crippen molar-refractivity contribution in [3.05, 3.63) is 40.0 Å². The summed E-state index contributed by atoms with van der Waals surface area (Å²) in [5.74, 6) is 1.39. The molecule has 0 saturated heterocycles. The average Bonchev–Trinajstić information content (AvgIpc) is 3.02. The lowest BCUT2D eigenvalue weighted by molar-refractivity contribution is 0.226. The Kier molecular flexibility index (Phi) is 5.39. The highest BCUT2D eigenvalue weighted by Gasteiger charge is 2.28. The molecule has 144 valence electrons. The van der Waals surface area contributed by atoms with E-state index in [9.17, 15) is 5.26 Å². The van der Waals surface area contributed by atoms with E-state index in [-0.39, 0.29) is 6.04 Å². The normalized spacial score (nSPS) is 20.8. The van der Waals surface area contributed by atoms with Crippen LogP contribution < -0.4 is 0 Å². The molecule has 0 spiro atoms. The van der Waals surface area contributed by atoms with E-state index in [1.165, 1.54) is 25.7 Å². The van der Waals surface area contributed by atoms with Gasteiger partial charge < -0.3 is 4.57 Å². The summed E-state index contributed by atoms with van der Waals surface area (Å²) >= 11 is 9.83. The predicted octanol–water partition coefficient (Wildman–Crippen LogP) is 6.17. The molecule has 0 radical (unpaired) electrons. The fourth-order valence-corrected chi connectivity index (χ4v) is 5.11. The molecule has 0 amide bonds. The van der Waals surface area contributed by atoms with Crippen molar-refractivity contribution in [1.82, 2.24) is 19.5 Å². The van der Waals surface area contributed by atoms with Gasteiger partial charge in [0.15, 0.2) is 4.73 Å². The third kappa shape index (κ3) is 3.54. The SMILES string of the molecule is CC1CCC(C(C)n2c(Br)nc3cc(C#N)nc(-c4cncc(Cl)c4)c32)CC1. The maximum absolute atomic E-state index is 9.44. The number of imidazole rings is 1. The van der Waals surface area contributed by atoms with E-state index in [2.05, 4.69) is 50.4 Å². The first-order valence-corrected chi connectivity index (χ1v) is 10.7. The van der Waals surface area contributed by atoms with Gasteiger partial charge in [-0.2, -0.15) is 5.26 Å². The van der Waals surface area contributed by atoms with Crippen molar-refractivity contribution >= 4 is 38.6 Å². The van der Waals surface area contributed by atoms with Crippen LogP contribution in [0.3, 0.4) is 0 Å². The molecule has 1 atom stereocenters. The zero-order valence-corrected chi connectivity index (χ0v) is 18.2. The zero-order chi connectivity index (χ0) is 19.8. The highest BCUT2D eigenvalue weighted by Crippen LogP contribution is 2.40. The number of rotatable bonds is 3. The molecule has 0 aromatic carbocycles. The van der Waals surface area contributed by atoms with Gasteiger partial charge in [-0.15, -0.1) is 0 Å². The fourth-order valence-electron chi connectivity index (χ4n) is 4.24. The minimum absolute atomic E-state index is 0.271. The molecule has 1 aliphatic rings. The van der Waals surface area contributed by atoms with Gasteiger partial charge in [-0.05, 0) is 53.6 Å². The highest BCUT2D eigenvalue weighted by molar-refractivity contribution is 9.10. The smallest absolute Gasteiger partial charge is 0.178 e. The van der Waals surface area contributed by atoms with E-state index in [1.807, 2.05) is 6.07 Å². The van der Waals surface area contributed by atoms with Crippen LogP contribution in [0.4, 0.5) is 0 Å². The number of hydrogen-bond acceptors (Lipinski definition) is 4. The number of nitriles is 1. The Morgan fingerprint density at radius 2 is 1.96 bits per heavy atom. The summed E-state index contributed by atoms with van der Waals surface area (Å²) in [7, 11) is 0. The third-order valence-corrected chi connectivity index (χ3v) is 6.63. The van der Waals surface area contributed by atoms with E-state index in [0.717, 1.165) is 27.2 Å². The van der Waals surface area contributed by atoms with Crippen molar-refractivity contribution < 1.29 is 0 Å². The molecule has 4 rings (SSSR count). The Balaban J connectivity index is 1.90. The molecule has 5 nitrogen and oxygen atoms in total. The summed E-state index contributed by atoms with van der Waals surface area (Å²) < 4.78 is 2.99. The minimum Gasteiger partial charge on any atom is -0.314 e. The Bertz CT molecular complexity index is 1060. The minimum atomic E-state index is 0.271. The molecule has 0 N–H and O–H groups in total. The molecule has 3 heterocycles. The summed E-state index contributed by atoms with van der Waals surface area (Å²) in [5, 5.41) is 9.97. The number of hydrogen-bond donors (Lipinski definition) is 0. The molecule has 1 saturated carbocycles. The summed E-state index contributed by atoms with van der Waals surface area (Å²) in [6.45, 7) is 4.59. The van der Waals surface area contributed by atoms with Gasteiger partial charge >= 0.3 is 0 Å². The maximum Gasteiger partial charge on any atom is 0.178 e. The number of pyridine rings is 2. The van der Waals surface area contributed by atoms with E-state index in [0.29, 0.717) is 22.3 Å². The van der Waals surface area contributed by atoms with Crippen molar-refractivity contribution in [3.8, 4) is 17.3 Å². The van der Waals surface area contributed by atoms with Crippen LogP contribution in [0.5, 0.6) is 0 Å². The first-order valence-electron chi connectivity index (χ1n) is 9.57. The number of aromatic nitrogens is 4. The lowest BCUT2D eigenvalue weighted by atomic mass is 9.79. The molecule has 3 aromatic rings. The Morgan fingerprint density at radius 1 is 1.21 bits per heavy atom. The first-order chi connectivity index (χ1) is 13.5. The lowest BCUT2D eigenvalue weighted by Crippen LogP contribution is -2.22. The Labute approximate surface area is 177 Å². The third-order valence-electron chi connectivity index (χ3n) is 5.87. The van der Waals surface area contributed by atoms with Crippen molar-refractivity contribution in [2.24, 2.45) is 11.8 Å². The van der Waals surface area contributed by atoms with Crippen LogP contribution in [-0.2, 0) is 0 Å². The predicted molar refractivity (Wildman–Crippen MR) is 114 cm³/mol. The highest BCUT2D eigenvalue weighted by atomic mass is 79.9. The summed E-state index contributed by atoms with van der Waals surface area (Å²) in [4.78, 5) is 13.5. The van der Waals surface area contributed by atoms with Crippen LogP contribution in [0.25, 0.3) is 22.3 Å². The van der Waals surface area contributed by atoms with Crippen LogP contribution in [0.1, 0.15) is 51.3 Å². The Morgan fingerprint density at radius 3 is 2.64 bits per heavy atom. The van der Waals surface area contributed by atoms with Crippen LogP contribution in [0.2, 0.25) is 5.02 Å². The maximum atomic E-state index is 9.44. The second-order valence-corrected chi connectivity index (χ2v) is 8.88. The fraction of sp³-hybridized carbons (Fsp3) is 0.429. The quantitative estimate of drug-likeness (QED) is 0.471. The second-order valence-electron chi connectivity index (χ2n) is 7.74. The molecule has 7 heteroatoms. The van der Waals surface area contributed by atoms with Crippen molar-refractivity contribution in [1.29, 1.82) is 5.26 Å². The zero-order valence-electron chi connectivity index (χ0n) is 15.9. The molecule has 0 bridgehead atoms. The molecule has 0 aliphatic heterocycles. The molecule has 28 heavy (non-hydrogen) atoms. The monoisotopic (exact) mass is 457 g/mol. The van der Waals surface area contributed by atoms with E-state index in [1.54, 1.807) is 18.5 Å². The van der Waals surface area contributed by atoms with Gasteiger partial charge in [-0.1, -0.05) is 31.4 Å². The number of fused-ring (bicyclic) bond motifs is 1. The van der Waals surface area contributed by atoms with Crippen molar-refractivity contribution in [2.45, 2.75) is 45.6 Å². The average molecular weight is 459 g/mol. The van der Waals surface area contributed by atoms with E-state index < -0.39 is 0 Å². The van der Waals surface area contributed by atoms with Gasteiger partial charge in [0.1, 0.15) is 11.8 Å². The van der Waals surface area contributed by atoms with Gasteiger partial charge in [0.2, 0.25) is 0 Å². The molecular weight excluding hydrogens is 438 g/mol. The molecule has 1 fully saturated rings. The van der Waals surface area contributed by atoms with Gasteiger partial charge in [0, 0.05) is 30.1 Å². The van der Waals surface area contributed by atoms with Crippen molar-refractivity contribution in [2.75, 3.05) is 0 Å².